The lowest BCUT2D eigenvalue weighted by atomic mass is 9.98. The summed E-state index contributed by atoms with van der Waals surface area (Å²) < 4.78 is 2.37. The van der Waals surface area contributed by atoms with Crippen LogP contribution in [0, 0.1) is 0 Å². The molecule has 0 atom stereocenters. The molecule has 9 aromatic carbocycles. The van der Waals surface area contributed by atoms with E-state index in [1.807, 2.05) is 24.3 Å². The second-order valence-corrected chi connectivity index (χ2v) is 15.3. The van der Waals surface area contributed by atoms with Gasteiger partial charge in [0, 0.05) is 33.2 Å². The molecule has 0 radical (unpaired) electrons. The molecular weight excluding hydrogens is 741 g/mol. The van der Waals surface area contributed by atoms with E-state index in [0.29, 0.717) is 17.5 Å². The van der Waals surface area contributed by atoms with Crippen molar-refractivity contribution in [3.05, 3.63) is 231 Å². The molecular formula is C57H38N4. The maximum atomic E-state index is 5.17. The summed E-state index contributed by atoms with van der Waals surface area (Å²) in [6.07, 6.45) is 0. The minimum absolute atomic E-state index is 0.619. The molecule has 0 fully saturated rings. The van der Waals surface area contributed by atoms with Gasteiger partial charge in [0.15, 0.2) is 17.5 Å². The zero-order valence-corrected chi connectivity index (χ0v) is 33.2. The Labute approximate surface area is 354 Å². The molecule has 4 heteroatoms. The Morgan fingerprint density at radius 3 is 1.20 bits per heavy atom. The summed E-state index contributed by atoms with van der Waals surface area (Å²) in [6.45, 7) is 0. The molecule has 0 saturated heterocycles. The zero-order valence-electron chi connectivity index (χ0n) is 33.2. The van der Waals surface area contributed by atoms with Gasteiger partial charge in [-0.2, -0.15) is 0 Å². The van der Waals surface area contributed by atoms with Crippen LogP contribution in [0.2, 0.25) is 0 Å². The SMILES string of the molecule is c1ccc(-c2cccc(-c3ccc(-c4nc(-c5ccccc5)nc(-c5ccc6c7ccccc7n(-c7cccc(-c8cccc(-c9ccccc9)c8)c7)c6c5)n4)cc3)c2)cc1. The smallest absolute Gasteiger partial charge is 0.164 e. The third-order valence-corrected chi connectivity index (χ3v) is 11.5. The van der Waals surface area contributed by atoms with Gasteiger partial charge in [0.25, 0.3) is 0 Å². The molecule has 2 aromatic heterocycles. The molecule has 0 N–H and O–H groups in total. The first-order valence-electron chi connectivity index (χ1n) is 20.6. The molecule has 61 heavy (non-hydrogen) atoms. The van der Waals surface area contributed by atoms with E-state index in [9.17, 15) is 0 Å². The van der Waals surface area contributed by atoms with Crippen LogP contribution in [0.5, 0.6) is 0 Å². The van der Waals surface area contributed by atoms with E-state index < -0.39 is 0 Å². The second-order valence-electron chi connectivity index (χ2n) is 15.3. The highest BCUT2D eigenvalue weighted by Crippen LogP contribution is 2.37. The average molecular weight is 779 g/mol. The number of nitrogens with zero attached hydrogens (tertiary/aromatic N) is 4. The highest BCUT2D eigenvalue weighted by atomic mass is 15.0. The van der Waals surface area contributed by atoms with E-state index in [0.717, 1.165) is 50.1 Å². The van der Waals surface area contributed by atoms with Crippen LogP contribution >= 0.6 is 0 Å². The van der Waals surface area contributed by atoms with Gasteiger partial charge in [-0.05, 0) is 80.9 Å². The monoisotopic (exact) mass is 778 g/mol. The Balaban J connectivity index is 1.01. The number of rotatable bonds is 8. The molecule has 0 aliphatic carbocycles. The zero-order chi connectivity index (χ0) is 40.5. The van der Waals surface area contributed by atoms with Crippen LogP contribution in [-0.2, 0) is 0 Å². The first-order valence-corrected chi connectivity index (χ1v) is 20.6. The van der Waals surface area contributed by atoms with E-state index in [2.05, 4.69) is 211 Å². The number of para-hydroxylation sites is 1. The first-order chi connectivity index (χ1) is 30.2. The Bertz CT molecular complexity index is 3340. The van der Waals surface area contributed by atoms with Crippen molar-refractivity contribution in [2.75, 3.05) is 0 Å². The fourth-order valence-electron chi connectivity index (χ4n) is 8.39. The lowest BCUT2D eigenvalue weighted by Crippen LogP contribution is -2.00. The molecule has 11 rings (SSSR count). The molecule has 0 amide bonds. The average Bonchev–Trinajstić information content (AvgIpc) is 3.68. The summed E-state index contributed by atoms with van der Waals surface area (Å²) in [5.74, 6) is 1.87. The minimum atomic E-state index is 0.619. The summed E-state index contributed by atoms with van der Waals surface area (Å²) in [5.41, 5.74) is 15.5. The first kappa shape index (κ1) is 35.9. The maximum Gasteiger partial charge on any atom is 0.164 e. The summed E-state index contributed by atoms with van der Waals surface area (Å²) in [4.78, 5) is 15.4. The van der Waals surface area contributed by atoms with Crippen molar-refractivity contribution in [3.63, 3.8) is 0 Å². The van der Waals surface area contributed by atoms with Crippen molar-refractivity contribution in [1.29, 1.82) is 0 Å². The molecule has 0 bridgehead atoms. The topological polar surface area (TPSA) is 43.6 Å². The van der Waals surface area contributed by atoms with Crippen LogP contribution in [0.15, 0.2) is 231 Å². The molecule has 11 aromatic rings. The molecule has 0 spiro atoms. The van der Waals surface area contributed by atoms with Crippen LogP contribution in [0.4, 0.5) is 0 Å². The fourth-order valence-corrected chi connectivity index (χ4v) is 8.39. The van der Waals surface area contributed by atoms with E-state index in [-0.39, 0.29) is 0 Å². The van der Waals surface area contributed by atoms with Crippen LogP contribution in [0.25, 0.3) is 106 Å². The van der Waals surface area contributed by atoms with Gasteiger partial charge in [-0.15, -0.1) is 0 Å². The predicted molar refractivity (Wildman–Crippen MR) is 252 cm³/mol. The Morgan fingerprint density at radius 2 is 0.607 bits per heavy atom. The molecule has 0 aliphatic heterocycles. The number of hydrogen-bond acceptors (Lipinski definition) is 3. The highest BCUT2D eigenvalue weighted by molar-refractivity contribution is 6.10. The lowest BCUT2D eigenvalue weighted by molar-refractivity contribution is 1.07. The molecule has 0 aliphatic rings. The molecule has 0 unspecified atom stereocenters. The second kappa shape index (κ2) is 15.5. The van der Waals surface area contributed by atoms with Crippen molar-refractivity contribution in [3.8, 4) is 84.4 Å². The van der Waals surface area contributed by atoms with Gasteiger partial charge < -0.3 is 4.57 Å². The van der Waals surface area contributed by atoms with Crippen molar-refractivity contribution >= 4 is 21.8 Å². The lowest BCUT2D eigenvalue weighted by Gasteiger charge is -2.12. The van der Waals surface area contributed by atoms with Gasteiger partial charge in [-0.1, -0.05) is 194 Å². The van der Waals surface area contributed by atoms with E-state index in [1.165, 1.54) is 38.6 Å². The fraction of sp³-hybridized carbons (Fsp3) is 0. The predicted octanol–water partition coefficient (Wildman–Crippen LogP) is 14.6. The molecule has 0 saturated carbocycles. The van der Waals surface area contributed by atoms with Gasteiger partial charge in [-0.25, -0.2) is 15.0 Å². The van der Waals surface area contributed by atoms with Crippen LogP contribution in [0.1, 0.15) is 0 Å². The van der Waals surface area contributed by atoms with Gasteiger partial charge in [0.1, 0.15) is 0 Å². The number of aromatic nitrogens is 4. The third-order valence-electron chi connectivity index (χ3n) is 11.5. The third kappa shape index (κ3) is 6.96. The van der Waals surface area contributed by atoms with Crippen molar-refractivity contribution in [2.24, 2.45) is 0 Å². The standard InChI is InChI=1S/C57H38N4/c1-4-15-39(16-5-1)44-21-12-23-46(35-44)41-29-31-43(32-30-41)56-58-55(42-19-8-3-9-20-42)59-57(60-56)49-33-34-52-51-27-10-11-28-53(51)61(54(52)38-49)50-26-14-25-48(37-50)47-24-13-22-45(36-47)40-17-6-2-7-18-40/h1-38H. The molecule has 2 heterocycles. The van der Waals surface area contributed by atoms with Crippen LogP contribution in [-0.4, -0.2) is 19.5 Å². The van der Waals surface area contributed by atoms with Crippen molar-refractivity contribution < 1.29 is 0 Å². The normalized spacial score (nSPS) is 11.3. The number of benzene rings is 9. The van der Waals surface area contributed by atoms with Crippen molar-refractivity contribution in [1.82, 2.24) is 19.5 Å². The highest BCUT2D eigenvalue weighted by Gasteiger charge is 2.17. The van der Waals surface area contributed by atoms with Gasteiger partial charge in [0.2, 0.25) is 0 Å². The molecule has 286 valence electrons. The van der Waals surface area contributed by atoms with E-state index in [1.54, 1.807) is 0 Å². The minimum Gasteiger partial charge on any atom is -0.309 e. The number of fused-ring (bicyclic) bond motifs is 3. The summed E-state index contributed by atoms with van der Waals surface area (Å²) >= 11 is 0. The summed E-state index contributed by atoms with van der Waals surface area (Å²) in [6, 6.07) is 81.2. The Kier molecular flexibility index (Phi) is 9.14. The van der Waals surface area contributed by atoms with Gasteiger partial charge in [0.05, 0.1) is 11.0 Å². The van der Waals surface area contributed by atoms with E-state index >= 15 is 0 Å². The quantitative estimate of drug-likeness (QED) is 0.154. The Hall–Kier alpha value is -8.21. The van der Waals surface area contributed by atoms with E-state index in [4.69, 9.17) is 15.0 Å². The van der Waals surface area contributed by atoms with Crippen molar-refractivity contribution in [2.45, 2.75) is 0 Å². The summed E-state index contributed by atoms with van der Waals surface area (Å²) in [5, 5.41) is 2.36. The van der Waals surface area contributed by atoms with Crippen LogP contribution in [0.3, 0.4) is 0 Å². The summed E-state index contributed by atoms with van der Waals surface area (Å²) in [7, 11) is 0. The number of hydrogen-bond donors (Lipinski definition) is 0. The largest absolute Gasteiger partial charge is 0.309 e. The maximum absolute atomic E-state index is 5.17. The van der Waals surface area contributed by atoms with Gasteiger partial charge >= 0.3 is 0 Å². The Morgan fingerprint density at radius 1 is 0.230 bits per heavy atom. The molecule has 4 nitrogen and oxygen atoms in total. The van der Waals surface area contributed by atoms with Gasteiger partial charge in [-0.3, -0.25) is 0 Å². The van der Waals surface area contributed by atoms with Crippen LogP contribution < -0.4 is 0 Å².